The fourth-order valence-electron chi connectivity index (χ4n) is 3.17. The molecule has 0 radical (unpaired) electrons. The minimum atomic E-state index is -1.04. The Kier molecular flexibility index (Phi) is 6.36. The maximum absolute atomic E-state index is 12.8. The molecular weight excluding hydrogens is 436 g/mol. The van der Waals surface area contributed by atoms with Crippen molar-refractivity contribution < 1.29 is 34.1 Å². The first-order chi connectivity index (χ1) is 16.4. The van der Waals surface area contributed by atoms with Crippen LogP contribution in [0.3, 0.4) is 0 Å². The van der Waals surface area contributed by atoms with Gasteiger partial charge in [-0.2, -0.15) is 0 Å². The van der Waals surface area contributed by atoms with Gasteiger partial charge in [-0.15, -0.1) is 0 Å². The lowest BCUT2D eigenvalue weighted by Crippen LogP contribution is -2.01. The number of carboxylic acids is 2. The lowest BCUT2D eigenvalue weighted by atomic mass is 10.0. The third-order valence-corrected chi connectivity index (χ3v) is 4.87. The number of carboxylic acid groups (broad SMARTS) is 2. The zero-order valence-corrected chi connectivity index (χ0v) is 17.7. The molecule has 2 N–H and O–H groups in total. The number of carbonyl (C=O) groups excluding carboxylic acids is 1. The zero-order chi connectivity index (χ0) is 24.1. The average molecular weight is 454 g/mol. The Morgan fingerprint density at radius 2 is 0.853 bits per heavy atom. The summed E-state index contributed by atoms with van der Waals surface area (Å²) in [6.45, 7) is 0. The molecule has 0 atom stereocenters. The molecule has 0 unspecified atom stereocenters. The number of ketones is 1. The lowest BCUT2D eigenvalue weighted by Gasteiger charge is -2.09. The number of ether oxygens (including phenoxy) is 2. The predicted molar refractivity (Wildman–Crippen MR) is 123 cm³/mol. The van der Waals surface area contributed by atoms with E-state index in [4.69, 9.17) is 19.7 Å². The van der Waals surface area contributed by atoms with Crippen LogP contribution < -0.4 is 9.47 Å². The van der Waals surface area contributed by atoms with Crippen molar-refractivity contribution in [3.63, 3.8) is 0 Å². The van der Waals surface area contributed by atoms with Crippen LogP contribution in [0, 0.1) is 0 Å². The summed E-state index contributed by atoms with van der Waals surface area (Å²) in [5.41, 5.74) is 1.14. The smallest absolute Gasteiger partial charge is 0.335 e. The van der Waals surface area contributed by atoms with Crippen molar-refractivity contribution in [2.24, 2.45) is 0 Å². The number of benzene rings is 4. The normalized spacial score (nSPS) is 10.4. The largest absolute Gasteiger partial charge is 0.478 e. The summed E-state index contributed by atoms with van der Waals surface area (Å²) in [6.07, 6.45) is 0. The van der Waals surface area contributed by atoms with Crippen molar-refractivity contribution in [1.82, 2.24) is 0 Å². The lowest BCUT2D eigenvalue weighted by molar-refractivity contribution is 0.0686. The molecule has 0 saturated heterocycles. The molecule has 0 bridgehead atoms. The van der Waals surface area contributed by atoms with E-state index in [1.165, 1.54) is 24.3 Å². The fraction of sp³-hybridized carbons (Fsp3) is 0. The number of carbonyl (C=O) groups is 3. The van der Waals surface area contributed by atoms with E-state index in [0.717, 1.165) is 0 Å². The molecule has 4 rings (SSSR count). The molecule has 168 valence electrons. The topological polar surface area (TPSA) is 110 Å². The predicted octanol–water partition coefficient (Wildman–Crippen LogP) is 5.90. The molecule has 4 aromatic carbocycles. The van der Waals surface area contributed by atoms with Gasteiger partial charge in [0.15, 0.2) is 5.78 Å². The zero-order valence-electron chi connectivity index (χ0n) is 17.7. The molecule has 7 heteroatoms. The first-order valence-electron chi connectivity index (χ1n) is 10.2. The van der Waals surface area contributed by atoms with Crippen molar-refractivity contribution in [3.8, 4) is 23.0 Å². The number of aromatic carboxylic acids is 2. The highest BCUT2D eigenvalue weighted by Gasteiger charge is 2.11. The third-order valence-electron chi connectivity index (χ3n) is 4.87. The molecule has 0 aliphatic heterocycles. The van der Waals surface area contributed by atoms with E-state index in [2.05, 4.69) is 0 Å². The Morgan fingerprint density at radius 1 is 0.471 bits per heavy atom. The van der Waals surface area contributed by atoms with Gasteiger partial charge in [0, 0.05) is 11.1 Å². The highest BCUT2D eigenvalue weighted by atomic mass is 16.5. The SMILES string of the molecule is O=C(O)c1cccc(Oc2ccc(C(=O)c3ccc(Oc4cccc(C(=O)O)c4)cc3)cc2)c1. The Hall–Kier alpha value is -4.91. The van der Waals surface area contributed by atoms with Crippen molar-refractivity contribution in [3.05, 3.63) is 119 Å². The summed E-state index contributed by atoms with van der Waals surface area (Å²) >= 11 is 0. The van der Waals surface area contributed by atoms with Crippen LogP contribution in [0.25, 0.3) is 0 Å². The molecular formula is C27H18O7. The van der Waals surface area contributed by atoms with Gasteiger partial charge in [0.25, 0.3) is 0 Å². The van der Waals surface area contributed by atoms with E-state index in [0.29, 0.717) is 34.1 Å². The van der Waals surface area contributed by atoms with Gasteiger partial charge in [-0.05, 0) is 84.9 Å². The van der Waals surface area contributed by atoms with E-state index in [1.54, 1.807) is 72.8 Å². The first-order valence-corrected chi connectivity index (χ1v) is 10.2. The van der Waals surface area contributed by atoms with Crippen LogP contribution in [-0.4, -0.2) is 27.9 Å². The molecule has 0 aliphatic rings. The molecule has 34 heavy (non-hydrogen) atoms. The first kappa shape index (κ1) is 22.3. The average Bonchev–Trinajstić information content (AvgIpc) is 2.85. The van der Waals surface area contributed by atoms with Crippen LogP contribution in [0.2, 0.25) is 0 Å². The molecule has 0 spiro atoms. The van der Waals surface area contributed by atoms with E-state index in [1.807, 2.05) is 0 Å². The molecule has 4 aromatic rings. The summed E-state index contributed by atoms with van der Waals surface area (Å²) in [5.74, 6) is -0.600. The standard InChI is InChI=1S/C27H18O7/c28-25(17-7-11-21(12-8-17)33-23-5-1-3-19(15-23)26(29)30)18-9-13-22(14-10-18)34-24-6-2-4-20(16-24)27(31)32/h1-16H,(H,29,30)(H,31,32). The van der Waals surface area contributed by atoms with Gasteiger partial charge < -0.3 is 19.7 Å². The fourth-order valence-corrected chi connectivity index (χ4v) is 3.17. The minimum absolute atomic E-state index is 0.117. The molecule has 0 heterocycles. The van der Waals surface area contributed by atoms with Crippen LogP contribution in [-0.2, 0) is 0 Å². The van der Waals surface area contributed by atoms with E-state index >= 15 is 0 Å². The van der Waals surface area contributed by atoms with E-state index in [9.17, 15) is 14.4 Å². The Bertz CT molecular complexity index is 1250. The summed E-state index contributed by atoms with van der Waals surface area (Å²) in [4.78, 5) is 35.0. The van der Waals surface area contributed by atoms with Gasteiger partial charge >= 0.3 is 11.9 Å². The quantitative estimate of drug-likeness (QED) is 0.319. The maximum atomic E-state index is 12.8. The van der Waals surface area contributed by atoms with Gasteiger partial charge in [0.1, 0.15) is 23.0 Å². The highest BCUT2D eigenvalue weighted by Crippen LogP contribution is 2.25. The van der Waals surface area contributed by atoms with Crippen LogP contribution in [0.4, 0.5) is 0 Å². The number of hydrogen-bond donors (Lipinski definition) is 2. The van der Waals surface area contributed by atoms with Crippen molar-refractivity contribution in [2.45, 2.75) is 0 Å². The summed E-state index contributed by atoms with van der Waals surface area (Å²) < 4.78 is 11.4. The van der Waals surface area contributed by atoms with Crippen LogP contribution in [0.15, 0.2) is 97.1 Å². The maximum Gasteiger partial charge on any atom is 0.335 e. The van der Waals surface area contributed by atoms with Crippen molar-refractivity contribution in [2.75, 3.05) is 0 Å². The van der Waals surface area contributed by atoms with Crippen molar-refractivity contribution in [1.29, 1.82) is 0 Å². The van der Waals surface area contributed by atoms with E-state index in [-0.39, 0.29) is 16.9 Å². The van der Waals surface area contributed by atoms with Crippen LogP contribution >= 0.6 is 0 Å². The van der Waals surface area contributed by atoms with Gasteiger partial charge in [-0.25, -0.2) is 9.59 Å². The Balaban J connectivity index is 1.43. The summed E-state index contributed by atoms with van der Waals surface area (Å²) in [5, 5.41) is 18.2. The second-order valence-corrected chi connectivity index (χ2v) is 7.25. The molecule has 0 saturated carbocycles. The molecule has 7 nitrogen and oxygen atoms in total. The monoisotopic (exact) mass is 454 g/mol. The van der Waals surface area contributed by atoms with Gasteiger partial charge in [0.2, 0.25) is 0 Å². The van der Waals surface area contributed by atoms with Gasteiger partial charge in [0.05, 0.1) is 11.1 Å². The Morgan fingerprint density at radius 3 is 1.21 bits per heavy atom. The second-order valence-electron chi connectivity index (χ2n) is 7.25. The number of hydrogen-bond acceptors (Lipinski definition) is 5. The number of rotatable bonds is 8. The summed E-state index contributed by atoms with van der Waals surface area (Å²) in [6, 6.07) is 25.3. The highest BCUT2D eigenvalue weighted by molar-refractivity contribution is 6.09. The molecule has 0 amide bonds. The minimum Gasteiger partial charge on any atom is -0.478 e. The molecule has 0 fully saturated rings. The van der Waals surface area contributed by atoms with Gasteiger partial charge in [-0.1, -0.05) is 12.1 Å². The van der Waals surface area contributed by atoms with Gasteiger partial charge in [-0.3, -0.25) is 4.79 Å². The molecule has 0 aromatic heterocycles. The third kappa shape index (κ3) is 5.28. The molecule has 0 aliphatic carbocycles. The summed E-state index contributed by atoms with van der Waals surface area (Å²) in [7, 11) is 0. The van der Waals surface area contributed by atoms with Crippen molar-refractivity contribution >= 4 is 17.7 Å². The van der Waals surface area contributed by atoms with Crippen LogP contribution in [0.1, 0.15) is 36.6 Å². The second kappa shape index (κ2) is 9.70. The Labute approximate surface area is 194 Å². The van der Waals surface area contributed by atoms with Crippen LogP contribution in [0.5, 0.6) is 23.0 Å². The van der Waals surface area contributed by atoms with E-state index < -0.39 is 11.9 Å².